The van der Waals surface area contributed by atoms with Crippen LogP contribution in [0.4, 0.5) is 0 Å². The Balaban J connectivity index is 1.55. The normalized spacial score (nSPS) is 26.0. The van der Waals surface area contributed by atoms with Crippen molar-refractivity contribution in [2.75, 3.05) is 24.7 Å². The van der Waals surface area contributed by atoms with Crippen LogP contribution >= 0.6 is 11.6 Å². The highest BCUT2D eigenvalue weighted by Crippen LogP contribution is 2.29. The molecule has 3 rings (SSSR count). The van der Waals surface area contributed by atoms with Gasteiger partial charge in [0.25, 0.3) is 0 Å². The van der Waals surface area contributed by atoms with Gasteiger partial charge in [-0.05, 0) is 42.5 Å². The molecule has 1 saturated heterocycles. The summed E-state index contributed by atoms with van der Waals surface area (Å²) < 4.78 is 28.4. The predicted molar refractivity (Wildman–Crippen MR) is 83.9 cm³/mol. The van der Waals surface area contributed by atoms with Gasteiger partial charge < -0.3 is 10.1 Å². The van der Waals surface area contributed by atoms with Gasteiger partial charge in [-0.25, -0.2) is 8.42 Å². The lowest BCUT2D eigenvalue weighted by Gasteiger charge is -2.25. The monoisotopic (exact) mass is 343 g/mol. The molecule has 2 heterocycles. The lowest BCUT2D eigenvalue weighted by atomic mass is 9.96. The van der Waals surface area contributed by atoms with Gasteiger partial charge in [-0.15, -0.1) is 0 Å². The first-order valence-electron chi connectivity index (χ1n) is 7.32. The average molecular weight is 344 g/mol. The molecular weight excluding hydrogens is 326 g/mol. The lowest BCUT2D eigenvalue weighted by Crippen LogP contribution is -2.39. The van der Waals surface area contributed by atoms with E-state index in [2.05, 4.69) is 5.32 Å². The molecule has 1 amide bonds. The van der Waals surface area contributed by atoms with Crippen molar-refractivity contribution in [3.8, 4) is 5.75 Å². The molecule has 1 aromatic carbocycles. The Hall–Kier alpha value is -1.27. The quantitative estimate of drug-likeness (QED) is 0.901. The summed E-state index contributed by atoms with van der Waals surface area (Å²) >= 11 is 5.96. The molecule has 0 saturated carbocycles. The Morgan fingerprint density at radius 1 is 1.41 bits per heavy atom. The molecule has 0 radical (unpaired) electrons. The van der Waals surface area contributed by atoms with E-state index in [1.807, 2.05) is 12.1 Å². The summed E-state index contributed by atoms with van der Waals surface area (Å²) in [6, 6.07) is 5.40. The molecule has 120 valence electrons. The molecule has 1 N–H and O–H groups in total. The molecule has 2 atom stereocenters. The zero-order valence-electron chi connectivity index (χ0n) is 12.0. The maximum absolute atomic E-state index is 12.2. The zero-order chi connectivity index (χ0) is 15.7. The number of fused-ring (bicyclic) bond motifs is 1. The number of halogens is 1. The number of nitrogens with one attached hydrogen (secondary N) is 1. The minimum Gasteiger partial charge on any atom is -0.492 e. The van der Waals surface area contributed by atoms with Crippen LogP contribution in [0.25, 0.3) is 0 Å². The van der Waals surface area contributed by atoms with Crippen LogP contribution in [-0.2, 0) is 21.1 Å². The minimum absolute atomic E-state index is 0.0280. The average Bonchev–Trinajstić information content (AvgIpc) is 2.83. The first-order chi connectivity index (χ1) is 10.4. The standard InChI is InChI=1S/C15H18ClNO4S/c16-13-1-2-14-11(6-13)5-12(8-21-14)15(18)17-7-10-3-4-22(19,20)9-10/h1-2,6,10,12H,3-5,7-9H2,(H,17,18). The molecule has 0 bridgehead atoms. The Labute approximate surface area is 134 Å². The van der Waals surface area contributed by atoms with Crippen molar-refractivity contribution in [1.29, 1.82) is 0 Å². The van der Waals surface area contributed by atoms with Gasteiger partial charge in [0.05, 0.1) is 17.4 Å². The van der Waals surface area contributed by atoms with Gasteiger partial charge in [0.2, 0.25) is 5.91 Å². The molecule has 7 heteroatoms. The van der Waals surface area contributed by atoms with Crippen LogP contribution in [0.5, 0.6) is 5.75 Å². The summed E-state index contributed by atoms with van der Waals surface area (Å²) in [6.45, 7) is 0.750. The lowest BCUT2D eigenvalue weighted by molar-refractivity contribution is -0.126. The molecular formula is C15H18ClNO4S. The molecule has 5 nitrogen and oxygen atoms in total. The van der Waals surface area contributed by atoms with E-state index in [1.54, 1.807) is 6.07 Å². The minimum atomic E-state index is -2.90. The Morgan fingerprint density at radius 3 is 2.95 bits per heavy atom. The van der Waals surface area contributed by atoms with Crippen molar-refractivity contribution < 1.29 is 17.9 Å². The molecule has 0 spiro atoms. The molecule has 2 aliphatic rings. The maximum atomic E-state index is 12.2. The SMILES string of the molecule is O=C(NCC1CCS(=O)(=O)C1)C1COc2ccc(Cl)cc2C1. The fraction of sp³-hybridized carbons (Fsp3) is 0.533. The van der Waals surface area contributed by atoms with Gasteiger partial charge in [-0.3, -0.25) is 4.79 Å². The summed E-state index contributed by atoms with van der Waals surface area (Å²) in [4.78, 5) is 12.2. The van der Waals surface area contributed by atoms with Gasteiger partial charge in [-0.2, -0.15) is 0 Å². The van der Waals surface area contributed by atoms with Gasteiger partial charge in [-0.1, -0.05) is 11.6 Å². The van der Waals surface area contributed by atoms with Crippen molar-refractivity contribution in [1.82, 2.24) is 5.32 Å². The van der Waals surface area contributed by atoms with Crippen LogP contribution in [-0.4, -0.2) is 39.0 Å². The van der Waals surface area contributed by atoms with Crippen LogP contribution in [0.2, 0.25) is 5.02 Å². The van der Waals surface area contributed by atoms with Crippen molar-refractivity contribution in [3.05, 3.63) is 28.8 Å². The third-order valence-corrected chi connectivity index (χ3v) is 6.26. The van der Waals surface area contributed by atoms with Crippen LogP contribution in [0.1, 0.15) is 12.0 Å². The van der Waals surface area contributed by atoms with E-state index in [9.17, 15) is 13.2 Å². The largest absolute Gasteiger partial charge is 0.492 e. The number of carbonyl (C=O) groups excluding carboxylic acids is 1. The third kappa shape index (κ3) is 3.55. The van der Waals surface area contributed by atoms with Crippen molar-refractivity contribution in [2.45, 2.75) is 12.8 Å². The van der Waals surface area contributed by atoms with E-state index < -0.39 is 9.84 Å². The molecule has 22 heavy (non-hydrogen) atoms. The fourth-order valence-electron chi connectivity index (χ4n) is 2.95. The van der Waals surface area contributed by atoms with Gasteiger partial charge >= 0.3 is 0 Å². The van der Waals surface area contributed by atoms with Crippen molar-refractivity contribution in [2.24, 2.45) is 11.8 Å². The number of amides is 1. The molecule has 1 fully saturated rings. The number of carbonyl (C=O) groups is 1. The third-order valence-electron chi connectivity index (χ3n) is 4.19. The first-order valence-corrected chi connectivity index (χ1v) is 9.52. The van der Waals surface area contributed by atoms with Gasteiger partial charge in [0, 0.05) is 11.6 Å². The first kappa shape index (κ1) is 15.6. The summed E-state index contributed by atoms with van der Waals surface area (Å²) in [5.41, 5.74) is 0.933. The summed E-state index contributed by atoms with van der Waals surface area (Å²) in [6.07, 6.45) is 1.22. The number of benzene rings is 1. The predicted octanol–water partition coefficient (Wildman–Crippen LogP) is 1.44. The highest BCUT2D eigenvalue weighted by atomic mass is 35.5. The summed E-state index contributed by atoms with van der Waals surface area (Å²) in [7, 11) is -2.90. The molecule has 0 aromatic heterocycles. The molecule has 2 unspecified atom stereocenters. The Bertz CT molecular complexity index is 689. The summed E-state index contributed by atoms with van der Waals surface area (Å²) in [5.74, 6) is 0.855. The van der Waals surface area contributed by atoms with Crippen LogP contribution in [0.3, 0.4) is 0 Å². The molecule has 0 aliphatic carbocycles. The smallest absolute Gasteiger partial charge is 0.226 e. The summed E-state index contributed by atoms with van der Waals surface area (Å²) in [5, 5.41) is 3.49. The zero-order valence-corrected chi connectivity index (χ0v) is 13.6. The van der Waals surface area contributed by atoms with E-state index in [0.29, 0.717) is 31.0 Å². The van der Waals surface area contributed by atoms with Crippen LogP contribution in [0, 0.1) is 11.8 Å². The topological polar surface area (TPSA) is 72.5 Å². The van der Waals surface area contributed by atoms with E-state index in [4.69, 9.17) is 16.3 Å². The second-order valence-electron chi connectivity index (χ2n) is 5.98. The van der Waals surface area contributed by atoms with E-state index in [0.717, 1.165) is 11.3 Å². The van der Waals surface area contributed by atoms with Crippen LogP contribution < -0.4 is 10.1 Å². The van der Waals surface area contributed by atoms with E-state index in [1.165, 1.54) is 0 Å². The number of sulfone groups is 1. The van der Waals surface area contributed by atoms with E-state index in [-0.39, 0.29) is 29.2 Å². The van der Waals surface area contributed by atoms with E-state index >= 15 is 0 Å². The fourth-order valence-corrected chi connectivity index (χ4v) is 5.01. The number of hydrogen-bond acceptors (Lipinski definition) is 4. The van der Waals surface area contributed by atoms with Crippen LogP contribution in [0.15, 0.2) is 18.2 Å². The van der Waals surface area contributed by atoms with Gasteiger partial charge in [0.1, 0.15) is 12.4 Å². The second-order valence-corrected chi connectivity index (χ2v) is 8.64. The highest BCUT2D eigenvalue weighted by molar-refractivity contribution is 7.91. The molecule has 2 aliphatic heterocycles. The maximum Gasteiger partial charge on any atom is 0.226 e. The molecule has 1 aromatic rings. The van der Waals surface area contributed by atoms with Gasteiger partial charge in [0.15, 0.2) is 9.84 Å². The highest BCUT2D eigenvalue weighted by Gasteiger charge is 2.30. The number of hydrogen-bond donors (Lipinski definition) is 1. The van der Waals surface area contributed by atoms with Crippen molar-refractivity contribution >= 4 is 27.3 Å². The second kappa shape index (κ2) is 6.08. The Morgan fingerprint density at radius 2 is 2.23 bits per heavy atom. The number of rotatable bonds is 3. The van der Waals surface area contributed by atoms with Crippen molar-refractivity contribution in [3.63, 3.8) is 0 Å². The Kier molecular flexibility index (Phi) is 4.32. The number of ether oxygens (including phenoxy) is 1.